The molecule has 0 aliphatic rings. The highest BCUT2D eigenvalue weighted by Crippen LogP contribution is 2.32. The number of amides is 1. The summed E-state index contributed by atoms with van der Waals surface area (Å²) in [4.78, 5) is 24.5. The third-order valence-corrected chi connectivity index (χ3v) is 5.44. The fourth-order valence-electron chi connectivity index (χ4n) is 2.98. The lowest BCUT2D eigenvalue weighted by molar-refractivity contribution is -0.113. The van der Waals surface area contributed by atoms with Crippen molar-refractivity contribution in [2.45, 2.75) is 5.16 Å². The molecule has 0 saturated heterocycles. The molecule has 0 radical (unpaired) electrons. The third-order valence-electron chi connectivity index (χ3n) is 4.52. The minimum Gasteiger partial charge on any atom is -0.493 e. The maximum atomic E-state index is 13.0. The Morgan fingerprint density at radius 2 is 1.88 bits per heavy atom. The van der Waals surface area contributed by atoms with Gasteiger partial charge in [-0.1, -0.05) is 11.8 Å². The number of hydrogen-bond donors (Lipinski definition) is 2. The molecule has 164 valence electrons. The summed E-state index contributed by atoms with van der Waals surface area (Å²) >= 11 is 1.10. The molecule has 0 aliphatic heterocycles. The Morgan fingerprint density at radius 1 is 1.12 bits per heavy atom. The highest BCUT2D eigenvalue weighted by Gasteiger charge is 2.15. The van der Waals surface area contributed by atoms with Gasteiger partial charge in [-0.3, -0.25) is 9.59 Å². The molecule has 11 heteroatoms. The summed E-state index contributed by atoms with van der Waals surface area (Å²) in [5.41, 5.74) is 1.60. The number of hydrogen-bond acceptors (Lipinski definition) is 7. The second kappa shape index (κ2) is 9.10. The van der Waals surface area contributed by atoms with E-state index < -0.39 is 5.56 Å². The SMILES string of the molecule is COc1ccc(-c2cc3c(=O)[nH]nc(SCC(=O)Nc4ccc(F)cc4)n3n2)cc1OC. The van der Waals surface area contributed by atoms with E-state index in [1.54, 1.807) is 31.4 Å². The number of aromatic nitrogens is 4. The molecule has 9 nitrogen and oxygen atoms in total. The summed E-state index contributed by atoms with van der Waals surface area (Å²) < 4.78 is 25.0. The summed E-state index contributed by atoms with van der Waals surface area (Å²) in [6.07, 6.45) is 0. The van der Waals surface area contributed by atoms with Crippen LogP contribution in [-0.4, -0.2) is 45.7 Å². The van der Waals surface area contributed by atoms with Gasteiger partial charge in [0.25, 0.3) is 5.56 Å². The molecule has 0 fully saturated rings. The number of thioether (sulfide) groups is 1. The van der Waals surface area contributed by atoms with Crippen molar-refractivity contribution in [3.05, 3.63) is 64.7 Å². The Labute approximate surface area is 185 Å². The summed E-state index contributed by atoms with van der Waals surface area (Å²) in [5, 5.41) is 13.9. The summed E-state index contributed by atoms with van der Waals surface area (Å²) in [6, 6.07) is 12.4. The van der Waals surface area contributed by atoms with Crippen molar-refractivity contribution in [3.8, 4) is 22.8 Å². The second-order valence-corrected chi connectivity index (χ2v) is 7.52. The Morgan fingerprint density at radius 3 is 2.59 bits per heavy atom. The van der Waals surface area contributed by atoms with Crippen molar-refractivity contribution in [2.24, 2.45) is 0 Å². The largest absolute Gasteiger partial charge is 0.493 e. The van der Waals surface area contributed by atoms with Crippen LogP contribution in [-0.2, 0) is 4.79 Å². The van der Waals surface area contributed by atoms with Gasteiger partial charge in [0, 0.05) is 11.3 Å². The average Bonchev–Trinajstić information content (AvgIpc) is 3.26. The van der Waals surface area contributed by atoms with E-state index in [0.29, 0.717) is 28.0 Å². The standard InChI is InChI=1S/C21H18FN5O4S/c1-30-17-8-3-12(9-18(17)31-2)15-10-16-20(29)24-25-21(27(16)26-15)32-11-19(28)23-14-6-4-13(22)5-7-14/h3-10H,11H2,1-2H3,(H,23,28)(H,24,29). The number of nitrogens with one attached hydrogen (secondary N) is 2. The molecule has 0 saturated carbocycles. The van der Waals surface area contributed by atoms with E-state index in [9.17, 15) is 14.0 Å². The fraction of sp³-hybridized carbons (Fsp3) is 0.143. The van der Waals surface area contributed by atoms with Gasteiger partial charge in [0.2, 0.25) is 11.1 Å². The van der Waals surface area contributed by atoms with Crippen molar-refractivity contribution < 1.29 is 18.7 Å². The first-order chi connectivity index (χ1) is 15.5. The number of carbonyl (C=O) groups excluding carboxylic acids is 1. The van der Waals surface area contributed by atoms with E-state index in [1.165, 1.54) is 35.9 Å². The molecule has 2 aromatic heterocycles. The molecule has 0 unspecified atom stereocenters. The number of H-pyrrole nitrogens is 1. The van der Waals surface area contributed by atoms with E-state index in [4.69, 9.17) is 9.47 Å². The molecule has 4 rings (SSSR count). The second-order valence-electron chi connectivity index (χ2n) is 6.58. The minimum atomic E-state index is -0.413. The number of carbonyl (C=O) groups is 1. The van der Waals surface area contributed by atoms with Crippen LogP contribution in [0.15, 0.2) is 58.5 Å². The molecule has 0 spiro atoms. The van der Waals surface area contributed by atoms with Gasteiger partial charge in [0.1, 0.15) is 11.3 Å². The molecule has 2 N–H and O–H groups in total. The molecule has 1 amide bonds. The van der Waals surface area contributed by atoms with Gasteiger partial charge in [-0.25, -0.2) is 14.0 Å². The minimum absolute atomic E-state index is 0.0110. The number of nitrogens with zero attached hydrogens (tertiary/aromatic N) is 3. The van der Waals surface area contributed by atoms with Crippen molar-refractivity contribution >= 4 is 28.9 Å². The van der Waals surface area contributed by atoms with Crippen LogP contribution in [0.4, 0.5) is 10.1 Å². The van der Waals surface area contributed by atoms with Gasteiger partial charge in [0.05, 0.1) is 25.7 Å². The Bertz CT molecular complexity index is 1340. The number of ether oxygens (including phenoxy) is 2. The van der Waals surface area contributed by atoms with Crippen molar-refractivity contribution in [1.82, 2.24) is 19.8 Å². The predicted octanol–water partition coefficient (Wildman–Crippen LogP) is 2.97. The first-order valence-corrected chi connectivity index (χ1v) is 10.4. The summed E-state index contributed by atoms with van der Waals surface area (Å²) in [5.74, 6) is 0.414. The van der Waals surface area contributed by atoms with E-state index in [-0.39, 0.29) is 23.0 Å². The number of halogens is 1. The number of aromatic amines is 1. The molecule has 2 aromatic carbocycles. The van der Waals surface area contributed by atoms with Crippen LogP contribution in [0.25, 0.3) is 16.8 Å². The maximum Gasteiger partial charge on any atom is 0.290 e. The van der Waals surface area contributed by atoms with Crippen LogP contribution in [0.5, 0.6) is 11.5 Å². The van der Waals surface area contributed by atoms with E-state index in [0.717, 1.165) is 17.3 Å². The monoisotopic (exact) mass is 455 g/mol. The van der Waals surface area contributed by atoms with Gasteiger partial charge in [-0.05, 0) is 48.5 Å². The molecule has 32 heavy (non-hydrogen) atoms. The molecule has 0 atom stereocenters. The topological polar surface area (TPSA) is 111 Å². The summed E-state index contributed by atoms with van der Waals surface area (Å²) in [6.45, 7) is 0. The van der Waals surface area contributed by atoms with Crippen molar-refractivity contribution in [1.29, 1.82) is 0 Å². The fourth-order valence-corrected chi connectivity index (χ4v) is 3.69. The molecule has 4 aromatic rings. The van der Waals surface area contributed by atoms with Crippen molar-refractivity contribution in [2.75, 3.05) is 25.3 Å². The Hall–Kier alpha value is -3.86. The first-order valence-electron chi connectivity index (χ1n) is 9.37. The normalized spacial score (nSPS) is 10.8. The highest BCUT2D eigenvalue weighted by molar-refractivity contribution is 7.99. The van der Waals surface area contributed by atoms with Gasteiger partial charge >= 0.3 is 0 Å². The van der Waals surface area contributed by atoms with Crippen LogP contribution in [0.3, 0.4) is 0 Å². The van der Waals surface area contributed by atoms with Gasteiger partial charge < -0.3 is 14.8 Å². The Balaban J connectivity index is 1.57. The highest BCUT2D eigenvalue weighted by atomic mass is 32.2. The smallest absolute Gasteiger partial charge is 0.290 e. The maximum absolute atomic E-state index is 13.0. The van der Waals surface area contributed by atoms with Gasteiger partial charge in [-0.2, -0.15) is 5.10 Å². The van der Waals surface area contributed by atoms with Crippen molar-refractivity contribution in [3.63, 3.8) is 0 Å². The lowest BCUT2D eigenvalue weighted by atomic mass is 10.1. The van der Waals surface area contributed by atoms with Crippen LogP contribution in [0.2, 0.25) is 0 Å². The number of fused-ring (bicyclic) bond motifs is 1. The lowest BCUT2D eigenvalue weighted by Crippen LogP contribution is -2.17. The van der Waals surface area contributed by atoms with E-state index >= 15 is 0 Å². The number of methoxy groups -OCH3 is 2. The first kappa shape index (κ1) is 21.4. The number of benzene rings is 2. The zero-order chi connectivity index (χ0) is 22.7. The summed E-state index contributed by atoms with van der Waals surface area (Å²) in [7, 11) is 3.08. The van der Waals surface area contributed by atoms with Gasteiger partial charge in [0.15, 0.2) is 11.5 Å². The Kier molecular flexibility index (Phi) is 6.08. The molecule has 0 bridgehead atoms. The molecule has 0 aliphatic carbocycles. The van der Waals surface area contributed by atoms with E-state index in [1.807, 2.05) is 0 Å². The van der Waals surface area contributed by atoms with Gasteiger partial charge in [-0.15, -0.1) is 5.10 Å². The number of anilines is 1. The molecule has 2 heterocycles. The average molecular weight is 455 g/mol. The molecular formula is C21H18FN5O4S. The van der Waals surface area contributed by atoms with Crippen LogP contribution >= 0.6 is 11.8 Å². The van der Waals surface area contributed by atoms with Crippen LogP contribution in [0.1, 0.15) is 0 Å². The zero-order valence-electron chi connectivity index (χ0n) is 17.1. The molecular weight excluding hydrogens is 437 g/mol. The van der Waals surface area contributed by atoms with Crippen LogP contribution < -0.4 is 20.3 Å². The quantitative estimate of drug-likeness (QED) is 0.412. The predicted molar refractivity (Wildman–Crippen MR) is 118 cm³/mol. The zero-order valence-corrected chi connectivity index (χ0v) is 17.9. The van der Waals surface area contributed by atoms with Crippen LogP contribution in [0, 0.1) is 5.82 Å². The van der Waals surface area contributed by atoms with E-state index in [2.05, 4.69) is 20.6 Å². The number of rotatable bonds is 7. The third kappa shape index (κ3) is 4.42. The lowest BCUT2D eigenvalue weighted by Gasteiger charge is -2.08.